The lowest BCUT2D eigenvalue weighted by atomic mass is 10.0. The number of nitrogens with zero attached hydrogens (tertiary/aromatic N) is 1. The van der Waals surface area contributed by atoms with Gasteiger partial charge in [-0.1, -0.05) is 0 Å². The molecule has 1 aliphatic heterocycles. The average Bonchev–Trinajstić information content (AvgIpc) is 2.86. The third-order valence-electron chi connectivity index (χ3n) is 2.48. The monoisotopic (exact) mass is 227 g/mol. The molecule has 0 amide bonds. The van der Waals surface area contributed by atoms with Crippen molar-refractivity contribution in [2.75, 3.05) is 6.61 Å². The smallest absolute Gasteiger partial charge is 0.433 e. The van der Waals surface area contributed by atoms with Gasteiger partial charge in [0.05, 0.1) is 12.0 Å². The molecule has 1 fully saturated rings. The van der Waals surface area contributed by atoms with Gasteiger partial charge >= 0.3 is 11.9 Å². The molecule has 0 aliphatic carbocycles. The van der Waals surface area contributed by atoms with E-state index in [-0.39, 0.29) is 5.76 Å². The first-order valence-corrected chi connectivity index (χ1v) is 4.68. The van der Waals surface area contributed by atoms with E-state index in [1.54, 1.807) is 0 Å². The lowest BCUT2D eigenvalue weighted by molar-refractivity contribution is -0.402. The fourth-order valence-electron chi connectivity index (χ4n) is 1.72. The van der Waals surface area contributed by atoms with Crippen LogP contribution in [0.4, 0.5) is 5.88 Å². The molecule has 1 aromatic rings. The lowest BCUT2D eigenvalue weighted by Crippen LogP contribution is -2.17. The van der Waals surface area contributed by atoms with Crippen LogP contribution in [0.1, 0.15) is 18.3 Å². The van der Waals surface area contributed by atoms with Crippen molar-refractivity contribution >= 4 is 11.9 Å². The van der Waals surface area contributed by atoms with Gasteiger partial charge in [-0.3, -0.25) is 14.9 Å². The fraction of sp³-hybridized carbons (Fsp3) is 0.444. The number of nitro groups is 1. The molecule has 1 aromatic heterocycles. The summed E-state index contributed by atoms with van der Waals surface area (Å²) in [5.41, 5.74) is 0. The minimum absolute atomic E-state index is 0.191. The van der Waals surface area contributed by atoms with Crippen molar-refractivity contribution in [1.29, 1.82) is 0 Å². The molecule has 7 heteroatoms. The summed E-state index contributed by atoms with van der Waals surface area (Å²) in [6.45, 7) is 0.316. The molecular formula is C9H9NO6. The van der Waals surface area contributed by atoms with Crippen molar-refractivity contribution in [3.8, 4) is 0 Å². The average molecular weight is 227 g/mol. The molecule has 2 heterocycles. The molecule has 1 saturated heterocycles. The molecule has 86 valence electrons. The first-order valence-electron chi connectivity index (χ1n) is 4.68. The van der Waals surface area contributed by atoms with Crippen molar-refractivity contribution in [3.05, 3.63) is 28.0 Å². The topological polar surface area (TPSA) is 103 Å². The zero-order valence-corrected chi connectivity index (χ0v) is 8.16. The van der Waals surface area contributed by atoms with Gasteiger partial charge in [-0.25, -0.2) is 0 Å². The number of rotatable bonds is 3. The van der Waals surface area contributed by atoms with E-state index in [0.29, 0.717) is 13.0 Å². The first-order chi connectivity index (χ1) is 7.59. The van der Waals surface area contributed by atoms with E-state index in [1.807, 2.05) is 0 Å². The van der Waals surface area contributed by atoms with E-state index < -0.39 is 28.8 Å². The van der Waals surface area contributed by atoms with Gasteiger partial charge in [-0.05, 0) is 12.5 Å². The van der Waals surface area contributed by atoms with Crippen molar-refractivity contribution in [3.63, 3.8) is 0 Å². The van der Waals surface area contributed by atoms with Crippen LogP contribution >= 0.6 is 0 Å². The van der Waals surface area contributed by atoms with Gasteiger partial charge in [0.15, 0.2) is 0 Å². The van der Waals surface area contributed by atoms with Crippen molar-refractivity contribution < 1.29 is 24.0 Å². The maximum Gasteiger partial charge on any atom is 0.433 e. The molecule has 0 bridgehead atoms. The van der Waals surface area contributed by atoms with Gasteiger partial charge in [-0.2, -0.15) is 0 Å². The van der Waals surface area contributed by atoms with E-state index in [2.05, 4.69) is 0 Å². The summed E-state index contributed by atoms with van der Waals surface area (Å²) in [4.78, 5) is 20.6. The highest BCUT2D eigenvalue weighted by Gasteiger charge is 2.37. The van der Waals surface area contributed by atoms with Crippen LogP contribution in [0.2, 0.25) is 0 Å². The molecule has 0 aromatic carbocycles. The molecular weight excluding hydrogens is 218 g/mol. The Balaban J connectivity index is 2.22. The summed E-state index contributed by atoms with van der Waals surface area (Å²) < 4.78 is 10.1. The van der Waals surface area contributed by atoms with Crippen LogP contribution in [0.15, 0.2) is 16.5 Å². The quantitative estimate of drug-likeness (QED) is 0.617. The molecule has 2 unspecified atom stereocenters. The predicted octanol–water partition coefficient (Wildman–Crippen LogP) is 1.35. The second kappa shape index (κ2) is 3.93. The number of carboxylic acids is 1. The lowest BCUT2D eigenvalue weighted by Gasteiger charge is -2.10. The third kappa shape index (κ3) is 1.76. The minimum atomic E-state index is -0.985. The highest BCUT2D eigenvalue weighted by atomic mass is 16.6. The van der Waals surface area contributed by atoms with Crippen LogP contribution in [0.5, 0.6) is 0 Å². The number of carbonyl (C=O) groups is 1. The van der Waals surface area contributed by atoms with Crippen LogP contribution in [0, 0.1) is 16.0 Å². The summed E-state index contributed by atoms with van der Waals surface area (Å²) >= 11 is 0. The Morgan fingerprint density at radius 1 is 1.56 bits per heavy atom. The fourth-order valence-corrected chi connectivity index (χ4v) is 1.72. The highest BCUT2D eigenvalue weighted by Crippen LogP contribution is 2.36. The second-order valence-electron chi connectivity index (χ2n) is 3.46. The van der Waals surface area contributed by atoms with E-state index in [9.17, 15) is 14.9 Å². The summed E-state index contributed by atoms with van der Waals surface area (Å²) in [5.74, 6) is -1.90. The van der Waals surface area contributed by atoms with E-state index in [4.69, 9.17) is 14.3 Å². The second-order valence-corrected chi connectivity index (χ2v) is 3.46. The largest absolute Gasteiger partial charge is 0.481 e. The Hall–Kier alpha value is -1.89. The summed E-state index contributed by atoms with van der Waals surface area (Å²) in [7, 11) is 0. The number of aliphatic carboxylic acids is 1. The Morgan fingerprint density at radius 2 is 2.31 bits per heavy atom. The number of carboxylic acid groups (broad SMARTS) is 1. The molecule has 2 atom stereocenters. The Bertz CT molecular complexity index is 425. The number of furan rings is 1. The van der Waals surface area contributed by atoms with Gasteiger partial charge in [0, 0.05) is 6.61 Å². The number of hydrogen-bond donors (Lipinski definition) is 1. The molecule has 7 nitrogen and oxygen atoms in total. The maximum atomic E-state index is 10.9. The number of hydrogen-bond acceptors (Lipinski definition) is 5. The van der Waals surface area contributed by atoms with Crippen molar-refractivity contribution in [1.82, 2.24) is 0 Å². The predicted molar refractivity (Wildman–Crippen MR) is 49.8 cm³/mol. The zero-order valence-electron chi connectivity index (χ0n) is 8.16. The molecule has 1 aliphatic rings. The van der Waals surface area contributed by atoms with E-state index in [1.165, 1.54) is 12.1 Å². The number of ether oxygens (including phenoxy) is 1. The van der Waals surface area contributed by atoms with Crippen molar-refractivity contribution in [2.45, 2.75) is 12.5 Å². The van der Waals surface area contributed by atoms with Crippen LogP contribution in [0.3, 0.4) is 0 Å². The van der Waals surface area contributed by atoms with Gasteiger partial charge in [0.1, 0.15) is 16.8 Å². The maximum absolute atomic E-state index is 10.9. The van der Waals surface area contributed by atoms with Gasteiger partial charge in [-0.15, -0.1) is 0 Å². The van der Waals surface area contributed by atoms with Gasteiger partial charge < -0.3 is 14.3 Å². The molecule has 1 N–H and O–H groups in total. The molecule has 0 radical (unpaired) electrons. The van der Waals surface area contributed by atoms with Gasteiger partial charge in [0.25, 0.3) is 0 Å². The third-order valence-corrected chi connectivity index (χ3v) is 2.48. The molecule has 0 saturated carbocycles. The summed E-state index contributed by atoms with van der Waals surface area (Å²) in [5, 5.41) is 19.3. The Labute approximate surface area is 89.8 Å². The summed E-state index contributed by atoms with van der Waals surface area (Å²) in [6.07, 6.45) is -0.347. The van der Waals surface area contributed by atoms with Gasteiger partial charge in [0.2, 0.25) is 0 Å². The minimum Gasteiger partial charge on any atom is -0.481 e. The first kappa shape index (κ1) is 10.6. The molecule has 2 rings (SSSR count). The molecule has 0 spiro atoms. The normalized spacial score (nSPS) is 24.5. The van der Waals surface area contributed by atoms with Crippen molar-refractivity contribution in [2.24, 2.45) is 5.92 Å². The molecule has 16 heavy (non-hydrogen) atoms. The van der Waals surface area contributed by atoms with Crippen LogP contribution in [-0.2, 0) is 9.53 Å². The standard InChI is InChI=1S/C9H9NO6/c11-9(12)5-3-4-15-8(5)6-1-2-7(16-6)10(13)14/h1-2,5,8H,3-4H2,(H,11,12). The highest BCUT2D eigenvalue weighted by molar-refractivity contribution is 5.71. The zero-order chi connectivity index (χ0) is 11.7. The van der Waals surface area contributed by atoms with E-state index in [0.717, 1.165) is 0 Å². The van der Waals surface area contributed by atoms with Crippen LogP contribution < -0.4 is 0 Å². The summed E-state index contributed by atoms with van der Waals surface area (Å²) in [6, 6.07) is 2.57. The van der Waals surface area contributed by atoms with E-state index >= 15 is 0 Å². The van der Waals surface area contributed by atoms with Crippen LogP contribution in [-0.4, -0.2) is 22.6 Å². The Morgan fingerprint density at radius 3 is 2.88 bits per heavy atom. The SMILES string of the molecule is O=C(O)C1CCOC1c1ccc([N+](=O)[O-])o1. The Kier molecular flexibility index (Phi) is 2.61. The van der Waals surface area contributed by atoms with Crippen LogP contribution in [0.25, 0.3) is 0 Å².